The number of rotatable bonds is 6. The minimum absolute atomic E-state index is 0.0662. The highest BCUT2D eigenvalue weighted by Gasteiger charge is 2.33. The number of ether oxygens (including phenoxy) is 1. The number of aliphatic carboxylic acids is 1. The number of esters is 1. The summed E-state index contributed by atoms with van der Waals surface area (Å²) in [5.41, 5.74) is 0. The topological polar surface area (TPSA) is 95.9 Å². The van der Waals surface area contributed by atoms with Crippen LogP contribution in [0, 0.1) is 5.92 Å². The van der Waals surface area contributed by atoms with Crippen molar-refractivity contribution >= 4 is 18.0 Å². The highest BCUT2D eigenvalue weighted by molar-refractivity contribution is 5.84. The van der Waals surface area contributed by atoms with E-state index in [0.29, 0.717) is 19.4 Å². The number of hydrogen-bond donors (Lipinski definition) is 2. The lowest BCUT2D eigenvalue weighted by Crippen LogP contribution is -2.53. The summed E-state index contributed by atoms with van der Waals surface area (Å²) >= 11 is 0. The molecule has 0 aliphatic carbocycles. The molecule has 0 spiro atoms. The molecule has 1 fully saturated rings. The molecule has 1 saturated heterocycles. The van der Waals surface area contributed by atoms with Crippen LogP contribution in [0.4, 0.5) is 4.79 Å². The molecule has 0 aromatic heterocycles. The largest absolute Gasteiger partial charge is 0.481 e. The SMILES string of the molecule is CCOC(=O)C1CCCCN1C(=O)NCC(CC)C(=O)O. The Morgan fingerprint density at radius 2 is 2.05 bits per heavy atom. The van der Waals surface area contributed by atoms with Crippen molar-refractivity contribution in [2.24, 2.45) is 5.92 Å². The zero-order valence-corrected chi connectivity index (χ0v) is 12.6. The highest BCUT2D eigenvalue weighted by atomic mass is 16.5. The van der Waals surface area contributed by atoms with Gasteiger partial charge in [0.05, 0.1) is 12.5 Å². The third kappa shape index (κ3) is 4.91. The molecule has 0 bridgehead atoms. The van der Waals surface area contributed by atoms with E-state index in [1.807, 2.05) is 0 Å². The lowest BCUT2D eigenvalue weighted by Gasteiger charge is -2.34. The van der Waals surface area contributed by atoms with Gasteiger partial charge < -0.3 is 20.1 Å². The first-order valence-electron chi connectivity index (χ1n) is 7.45. The smallest absolute Gasteiger partial charge is 0.328 e. The van der Waals surface area contributed by atoms with Gasteiger partial charge >= 0.3 is 18.0 Å². The maximum Gasteiger partial charge on any atom is 0.328 e. The maximum atomic E-state index is 12.2. The zero-order valence-electron chi connectivity index (χ0n) is 12.6. The molecule has 2 N–H and O–H groups in total. The van der Waals surface area contributed by atoms with Gasteiger partial charge in [0.2, 0.25) is 0 Å². The summed E-state index contributed by atoms with van der Waals surface area (Å²) in [5, 5.41) is 11.6. The Morgan fingerprint density at radius 3 is 2.62 bits per heavy atom. The minimum Gasteiger partial charge on any atom is -0.481 e. The molecule has 120 valence electrons. The molecular weight excluding hydrogens is 276 g/mol. The van der Waals surface area contributed by atoms with Crippen LogP contribution >= 0.6 is 0 Å². The zero-order chi connectivity index (χ0) is 15.8. The van der Waals surface area contributed by atoms with Crippen LogP contribution in [0.15, 0.2) is 0 Å². The molecule has 0 radical (unpaired) electrons. The fraction of sp³-hybridized carbons (Fsp3) is 0.786. The summed E-state index contributed by atoms with van der Waals surface area (Å²) < 4.78 is 4.99. The van der Waals surface area contributed by atoms with E-state index in [4.69, 9.17) is 9.84 Å². The number of urea groups is 1. The number of hydrogen-bond acceptors (Lipinski definition) is 4. The van der Waals surface area contributed by atoms with Crippen LogP contribution in [0.3, 0.4) is 0 Å². The van der Waals surface area contributed by atoms with E-state index in [9.17, 15) is 14.4 Å². The van der Waals surface area contributed by atoms with Gasteiger partial charge in [-0.3, -0.25) is 4.79 Å². The number of carbonyl (C=O) groups excluding carboxylic acids is 2. The van der Waals surface area contributed by atoms with Crippen LogP contribution in [0.5, 0.6) is 0 Å². The summed E-state index contributed by atoms with van der Waals surface area (Å²) in [7, 11) is 0. The summed E-state index contributed by atoms with van der Waals surface area (Å²) in [4.78, 5) is 36.4. The van der Waals surface area contributed by atoms with Gasteiger partial charge in [-0.1, -0.05) is 6.92 Å². The van der Waals surface area contributed by atoms with Gasteiger partial charge in [0, 0.05) is 13.1 Å². The number of amides is 2. The Bertz CT molecular complexity index is 386. The molecular formula is C14H24N2O5. The molecule has 2 unspecified atom stereocenters. The molecule has 21 heavy (non-hydrogen) atoms. The van der Waals surface area contributed by atoms with Crippen molar-refractivity contribution in [1.29, 1.82) is 0 Å². The van der Waals surface area contributed by atoms with Gasteiger partial charge in [0.1, 0.15) is 6.04 Å². The van der Waals surface area contributed by atoms with Crippen LogP contribution in [-0.4, -0.2) is 53.7 Å². The molecule has 1 aliphatic rings. The van der Waals surface area contributed by atoms with E-state index in [-0.39, 0.29) is 13.2 Å². The van der Waals surface area contributed by atoms with Gasteiger partial charge in [-0.05, 0) is 32.6 Å². The average molecular weight is 300 g/mol. The van der Waals surface area contributed by atoms with E-state index in [0.717, 1.165) is 12.8 Å². The Hall–Kier alpha value is -1.79. The first-order valence-corrected chi connectivity index (χ1v) is 7.45. The first-order chi connectivity index (χ1) is 10.0. The minimum atomic E-state index is -0.932. The fourth-order valence-electron chi connectivity index (χ4n) is 2.38. The summed E-state index contributed by atoms with van der Waals surface area (Å²) in [6, 6.07) is -0.962. The number of piperidine rings is 1. The van der Waals surface area contributed by atoms with Crippen molar-refractivity contribution in [2.45, 2.75) is 45.6 Å². The second kappa shape index (κ2) is 8.49. The Labute approximate surface area is 124 Å². The first kappa shape index (κ1) is 17.3. The normalized spacial score (nSPS) is 19.7. The Balaban J connectivity index is 2.60. The van der Waals surface area contributed by atoms with Crippen LogP contribution in [0.1, 0.15) is 39.5 Å². The van der Waals surface area contributed by atoms with Crippen molar-refractivity contribution in [3.63, 3.8) is 0 Å². The van der Waals surface area contributed by atoms with E-state index in [1.54, 1.807) is 13.8 Å². The van der Waals surface area contributed by atoms with Crippen molar-refractivity contribution in [3.8, 4) is 0 Å². The van der Waals surface area contributed by atoms with Crippen molar-refractivity contribution < 1.29 is 24.2 Å². The monoisotopic (exact) mass is 300 g/mol. The lowest BCUT2D eigenvalue weighted by molar-refractivity contribution is -0.149. The molecule has 2 amide bonds. The third-order valence-electron chi connectivity index (χ3n) is 3.66. The second-order valence-corrected chi connectivity index (χ2v) is 5.09. The standard InChI is InChI=1S/C14H24N2O5/c1-3-10(12(17)18)9-15-14(20)16-8-6-5-7-11(16)13(19)21-4-2/h10-11H,3-9H2,1-2H3,(H,15,20)(H,17,18). The van der Waals surface area contributed by atoms with Crippen LogP contribution in [-0.2, 0) is 14.3 Å². The number of likely N-dealkylation sites (tertiary alicyclic amines) is 1. The van der Waals surface area contributed by atoms with Gasteiger partial charge in [0.15, 0.2) is 0 Å². The average Bonchev–Trinajstić information content (AvgIpc) is 2.47. The molecule has 0 saturated carbocycles. The van der Waals surface area contributed by atoms with Crippen LogP contribution in [0.2, 0.25) is 0 Å². The molecule has 1 rings (SSSR count). The van der Waals surface area contributed by atoms with Crippen molar-refractivity contribution in [1.82, 2.24) is 10.2 Å². The third-order valence-corrected chi connectivity index (χ3v) is 3.66. The van der Waals surface area contributed by atoms with Gasteiger partial charge in [-0.15, -0.1) is 0 Å². The van der Waals surface area contributed by atoms with Crippen LogP contribution in [0.25, 0.3) is 0 Å². The number of carbonyl (C=O) groups is 3. The lowest BCUT2D eigenvalue weighted by atomic mass is 10.0. The number of nitrogens with zero attached hydrogens (tertiary/aromatic N) is 1. The van der Waals surface area contributed by atoms with Crippen molar-refractivity contribution in [3.05, 3.63) is 0 Å². The molecule has 0 aromatic rings. The molecule has 2 atom stereocenters. The van der Waals surface area contributed by atoms with E-state index >= 15 is 0 Å². The summed E-state index contributed by atoms with van der Waals surface area (Å²) in [6.45, 7) is 4.31. The molecule has 1 heterocycles. The van der Waals surface area contributed by atoms with E-state index in [1.165, 1.54) is 4.90 Å². The van der Waals surface area contributed by atoms with Gasteiger partial charge in [-0.25, -0.2) is 9.59 Å². The van der Waals surface area contributed by atoms with Crippen LogP contribution < -0.4 is 5.32 Å². The predicted molar refractivity (Wildman–Crippen MR) is 75.8 cm³/mol. The van der Waals surface area contributed by atoms with E-state index < -0.39 is 29.9 Å². The molecule has 1 aliphatic heterocycles. The number of nitrogens with one attached hydrogen (secondary N) is 1. The molecule has 0 aromatic carbocycles. The predicted octanol–water partition coefficient (Wildman–Crippen LogP) is 1.22. The quantitative estimate of drug-likeness (QED) is 0.719. The van der Waals surface area contributed by atoms with Gasteiger partial charge in [0.25, 0.3) is 0 Å². The van der Waals surface area contributed by atoms with E-state index in [2.05, 4.69) is 5.32 Å². The Kier molecular flexibility index (Phi) is 6.98. The second-order valence-electron chi connectivity index (χ2n) is 5.09. The summed E-state index contributed by atoms with van der Waals surface area (Å²) in [6.07, 6.45) is 2.73. The fourth-order valence-corrected chi connectivity index (χ4v) is 2.38. The molecule has 7 heteroatoms. The summed E-state index contributed by atoms with van der Waals surface area (Å²) in [5.74, 6) is -1.93. The maximum absolute atomic E-state index is 12.2. The van der Waals surface area contributed by atoms with Gasteiger partial charge in [-0.2, -0.15) is 0 Å². The number of carboxylic acids is 1. The molecule has 7 nitrogen and oxygen atoms in total. The van der Waals surface area contributed by atoms with Crippen molar-refractivity contribution in [2.75, 3.05) is 19.7 Å². The number of carboxylic acid groups (broad SMARTS) is 1. The Morgan fingerprint density at radius 1 is 1.33 bits per heavy atom. The highest BCUT2D eigenvalue weighted by Crippen LogP contribution is 2.18.